The highest BCUT2D eigenvalue weighted by molar-refractivity contribution is 6.26. The van der Waals surface area contributed by atoms with Gasteiger partial charge in [-0.15, -0.1) is 23.2 Å². The van der Waals surface area contributed by atoms with Gasteiger partial charge in [-0.1, -0.05) is 0 Å². The Morgan fingerprint density at radius 3 is 2.19 bits per heavy atom. The molecule has 0 aliphatic carbocycles. The second kappa shape index (κ2) is 9.79. The first-order valence-electron chi connectivity index (χ1n) is 5.11. The normalized spacial score (nSPS) is 14.1. The molecular formula is C9H10Cl2F2O8. The maximum atomic E-state index is 13.2. The van der Waals surface area contributed by atoms with Crippen LogP contribution in [0.1, 0.15) is 0 Å². The van der Waals surface area contributed by atoms with Crippen molar-refractivity contribution in [1.82, 2.24) is 0 Å². The van der Waals surface area contributed by atoms with Gasteiger partial charge in [0.25, 0.3) is 0 Å². The molecule has 0 aromatic carbocycles. The zero-order valence-corrected chi connectivity index (χ0v) is 11.7. The second-order valence-electron chi connectivity index (χ2n) is 3.34. The predicted molar refractivity (Wildman–Crippen MR) is 61.5 cm³/mol. The van der Waals surface area contributed by atoms with Gasteiger partial charge in [-0.2, -0.15) is 18.6 Å². The van der Waals surface area contributed by atoms with Gasteiger partial charge in [-0.25, -0.2) is 9.59 Å². The molecule has 0 saturated carbocycles. The summed E-state index contributed by atoms with van der Waals surface area (Å²) in [5.74, 6) is -7.78. The molecule has 21 heavy (non-hydrogen) atoms. The van der Waals surface area contributed by atoms with E-state index in [4.69, 9.17) is 23.2 Å². The number of hydrogen-bond acceptors (Lipinski definition) is 8. The molecule has 0 rings (SSSR count). The minimum absolute atomic E-state index is 0.576. The third-order valence-corrected chi connectivity index (χ3v) is 2.18. The summed E-state index contributed by atoms with van der Waals surface area (Å²) in [6, 6.07) is 0. The molecule has 0 aromatic heterocycles. The monoisotopic (exact) mass is 354 g/mol. The summed E-state index contributed by atoms with van der Waals surface area (Å²) in [5.41, 5.74) is 0. The molecule has 8 nitrogen and oxygen atoms in total. The number of alkyl halides is 4. The van der Waals surface area contributed by atoms with Crippen molar-refractivity contribution >= 4 is 41.4 Å². The van der Waals surface area contributed by atoms with E-state index in [1.807, 2.05) is 0 Å². The Labute approximate surface area is 126 Å². The van der Waals surface area contributed by atoms with Crippen molar-refractivity contribution in [2.75, 3.05) is 18.4 Å². The topological polar surface area (TPSA) is 108 Å². The van der Waals surface area contributed by atoms with Gasteiger partial charge in [0.1, 0.15) is 24.5 Å². The highest BCUT2D eigenvalue weighted by atomic mass is 35.5. The summed E-state index contributed by atoms with van der Waals surface area (Å²) in [6.07, 6.45) is -5.62. The highest BCUT2D eigenvalue weighted by Gasteiger charge is 2.47. The maximum Gasteiger partial charge on any atom is 0.356 e. The van der Waals surface area contributed by atoms with E-state index in [0.717, 1.165) is 0 Å². The number of aliphatic hydroxyl groups is 1. The summed E-state index contributed by atoms with van der Waals surface area (Å²) in [5, 5.41) is 9.41. The van der Waals surface area contributed by atoms with Gasteiger partial charge in [0.15, 0.2) is 6.29 Å². The number of aliphatic hydroxyl groups excluding tert-OH is 1. The van der Waals surface area contributed by atoms with Gasteiger partial charge < -0.3 is 5.11 Å². The fourth-order valence-electron chi connectivity index (χ4n) is 0.859. The van der Waals surface area contributed by atoms with Gasteiger partial charge in [-0.05, 0) is 0 Å². The van der Waals surface area contributed by atoms with E-state index in [9.17, 15) is 28.3 Å². The largest absolute Gasteiger partial charge is 0.387 e. The lowest BCUT2D eigenvalue weighted by Gasteiger charge is -2.24. The summed E-state index contributed by atoms with van der Waals surface area (Å²) >= 11 is 10.1. The lowest BCUT2D eigenvalue weighted by atomic mass is 10.1. The molecule has 1 N–H and O–H groups in total. The molecular weight excluding hydrogens is 345 g/mol. The Balaban J connectivity index is 4.60. The summed E-state index contributed by atoms with van der Waals surface area (Å²) in [4.78, 5) is 47.5. The molecule has 0 heterocycles. The molecule has 0 spiro atoms. The molecule has 0 saturated heterocycles. The molecule has 0 aliphatic heterocycles. The Hall–Kier alpha value is -1.07. The van der Waals surface area contributed by atoms with E-state index in [0.29, 0.717) is 0 Å². The minimum Gasteiger partial charge on any atom is -0.387 e. The Kier molecular flexibility index (Phi) is 9.29. The minimum atomic E-state index is -4.22. The fraction of sp³-hybridized carbons (Fsp3) is 0.667. The highest BCUT2D eigenvalue weighted by Crippen LogP contribution is 2.22. The summed E-state index contributed by atoms with van der Waals surface area (Å²) in [7, 11) is 0. The molecule has 0 aliphatic rings. The first kappa shape index (κ1) is 19.9. The molecule has 0 radical (unpaired) electrons. The van der Waals surface area contributed by atoms with Crippen molar-refractivity contribution < 1.29 is 47.8 Å². The van der Waals surface area contributed by atoms with Crippen molar-refractivity contribution in [1.29, 1.82) is 0 Å². The van der Waals surface area contributed by atoms with Crippen LogP contribution in [0.2, 0.25) is 0 Å². The zero-order valence-electron chi connectivity index (χ0n) is 10.2. The van der Waals surface area contributed by atoms with E-state index in [1.165, 1.54) is 0 Å². The molecule has 122 valence electrons. The lowest BCUT2D eigenvalue weighted by molar-refractivity contribution is -0.352. The molecule has 0 amide bonds. The maximum absolute atomic E-state index is 13.2. The van der Waals surface area contributed by atoms with Gasteiger partial charge in [-0.3, -0.25) is 14.6 Å². The number of carbonyl (C=O) groups excluding carboxylic acids is 3. The molecule has 0 aromatic rings. The zero-order chi connectivity index (χ0) is 16.5. The third kappa shape index (κ3) is 7.48. The predicted octanol–water partition coefficient (Wildman–Crippen LogP) is -0.0227. The number of hydrogen-bond donors (Lipinski definition) is 1. The molecule has 0 fully saturated rings. The van der Waals surface area contributed by atoms with Crippen LogP contribution in [-0.2, 0) is 33.9 Å². The molecule has 12 heteroatoms. The van der Waals surface area contributed by atoms with Crippen molar-refractivity contribution in [3.05, 3.63) is 0 Å². The van der Waals surface area contributed by atoms with E-state index >= 15 is 0 Å². The van der Waals surface area contributed by atoms with Crippen LogP contribution in [0.15, 0.2) is 0 Å². The Morgan fingerprint density at radius 2 is 1.71 bits per heavy atom. The standard InChI is InChI=1S/C9H10Cl2F2O8/c10-1-6(16)19-18-3-5(15)8(9(12,13)4-14)21-20-7(17)2-11/h4-5,8,15H,1-3H2/t5-,8+/m0/s1. The van der Waals surface area contributed by atoms with Crippen molar-refractivity contribution in [3.63, 3.8) is 0 Å². The lowest BCUT2D eigenvalue weighted by Crippen LogP contribution is -2.48. The summed E-state index contributed by atoms with van der Waals surface area (Å²) < 4.78 is 26.4. The number of rotatable bonds is 10. The van der Waals surface area contributed by atoms with Crippen LogP contribution in [0.3, 0.4) is 0 Å². The van der Waals surface area contributed by atoms with E-state index < -0.39 is 54.7 Å². The van der Waals surface area contributed by atoms with E-state index in [1.54, 1.807) is 0 Å². The van der Waals surface area contributed by atoms with E-state index in [2.05, 4.69) is 19.6 Å². The quantitative estimate of drug-likeness (QED) is 0.252. The van der Waals surface area contributed by atoms with Crippen molar-refractivity contribution in [2.45, 2.75) is 18.1 Å². The first-order chi connectivity index (χ1) is 9.78. The molecule has 0 bridgehead atoms. The van der Waals surface area contributed by atoms with Crippen LogP contribution < -0.4 is 0 Å². The Morgan fingerprint density at radius 1 is 1.19 bits per heavy atom. The van der Waals surface area contributed by atoms with Crippen LogP contribution in [0.25, 0.3) is 0 Å². The van der Waals surface area contributed by atoms with Crippen LogP contribution in [0.4, 0.5) is 8.78 Å². The van der Waals surface area contributed by atoms with Crippen molar-refractivity contribution in [3.8, 4) is 0 Å². The average Bonchev–Trinajstić information content (AvgIpc) is 2.46. The van der Waals surface area contributed by atoms with Gasteiger partial charge in [0.05, 0.1) is 0 Å². The summed E-state index contributed by atoms with van der Waals surface area (Å²) in [6.45, 7) is -1.00. The van der Waals surface area contributed by atoms with Crippen LogP contribution in [-0.4, -0.2) is 59.8 Å². The average molecular weight is 355 g/mol. The number of carbonyl (C=O) groups is 3. The second-order valence-corrected chi connectivity index (χ2v) is 3.87. The first-order valence-corrected chi connectivity index (χ1v) is 6.18. The third-order valence-electron chi connectivity index (χ3n) is 1.74. The van der Waals surface area contributed by atoms with Gasteiger partial charge >= 0.3 is 17.9 Å². The number of halogens is 4. The molecule has 2 atom stereocenters. The SMILES string of the molecule is O=CC(F)(F)[C@H](OOC(=O)CCl)[C@@H](O)COOC(=O)CCl. The number of aldehydes is 1. The fourth-order valence-corrected chi connectivity index (χ4v) is 0.948. The van der Waals surface area contributed by atoms with Crippen LogP contribution >= 0.6 is 23.2 Å². The molecule has 0 unspecified atom stereocenters. The Bertz CT molecular complexity index is 368. The van der Waals surface area contributed by atoms with Crippen LogP contribution in [0.5, 0.6) is 0 Å². The van der Waals surface area contributed by atoms with Gasteiger partial charge in [0, 0.05) is 0 Å². The van der Waals surface area contributed by atoms with Crippen LogP contribution in [0, 0.1) is 0 Å². The van der Waals surface area contributed by atoms with Crippen molar-refractivity contribution in [2.24, 2.45) is 0 Å². The van der Waals surface area contributed by atoms with Gasteiger partial charge in [0.2, 0.25) is 6.10 Å². The van der Waals surface area contributed by atoms with E-state index in [-0.39, 0.29) is 0 Å². The smallest absolute Gasteiger partial charge is 0.356 e.